The molecule has 0 aromatic carbocycles. The summed E-state index contributed by atoms with van der Waals surface area (Å²) in [5.41, 5.74) is 9.08. The molecule has 0 radical (unpaired) electrons. The van der Waals surface area contributed by atoms with Gasteiger partial charge in [0.15, 0.2) is 0 Å². The molecule has 0 aromatic rings. The van der Waals surface area contributed by atoms with Gasteiger partial charge >= 0.3 is 27.5 Å². The summed E-state index contributed by atoms with van der Waals surface area (Å²) < 4.78 is 0. The fraction of sp³-hybridized carbons (Fsp3) is 1.00. The van der Waals surface area contributed by atoms with Crippen molar-refractivity contribution in [1.82, 2.24) is 10.6 Å². The first kappa shape index (κ1) is 55.9. The van der Waals surface area contributed by atoms with Gasteiger partial charge in [-0.2, -0.15) is 0 Å². The predicted molar refractivity (Wildman–Crippen MR) is 297 cm³/mol. The van der Waals surface area contributed by atoms with Crippen LogP contribution in [0.5, 0.6) is 0 Å². The minimum atomic E-state index is 0.290. The zero-order valence-electron chi connectivity index (χ0n) is 42.1. The van der Waals surface area contributed by atoms with Crippen molar-refractivity contribution in [2.75, 3.05) is 50.8 Å². The summed E-state index contributed by atoms with van der Waals surface area (Å²) in [4.78, 5) is 0. The Morgan fingerprint density at radius 2 is 0.359 bits per heavy atom. The summed E-state index contributed by atoms with van der Waals surface area (Å²) in [5.74, 6) is 0. The summed E-state index contributed by atoms with van der Waals surface area (Å²) in [6.07, 6.45) is 68.3. The van der Waals surface area contributed by atoms with Crippen molar-refractivity contribution in [2.24, 2.45) is 0 Å². The SMILES string of the molecule is C1CCC(P(CCNCCP(C2CCCCC2)C2CCCCC2)C2CCCCC2)CC1.C1CCC(P(CCNCCP(C2CCCCC2)C2CCCCC2)C2CCCCC2)CC1.[Cl][IrH2]. The number of nitrogens with one attached hydrogen (secondary N) is 2. The second-order valence-electron chi connectivity index (χ2n) is 22.8. The van der Waals surface area contributed by atoms with E-state index in [1.54, 1.807) is 127 Å². The standard InChI is InChI=1S/2C28H53NP2.ClH.Ir.2H/c2*1-5-13-25(14-6-1)30(26-15-7-2-8-16-26)23-21-29-22-24-31(27-17-9-3-10-18-27)28-19-11-4-12-20-28;;;;/h2*25-29H,1-24H2;1H;;;/q;;;+1;;/p-1. The zero-order chi connectivity index (χ0) is 44.3. The number of hydrogen-bond donors (Lipinski definition) is 2. The molecule has 64 heavy (non-hydrogen) atoms. The molecule has 0 atom stereocenters. The van der Waals surface area contributed by atoms with Crippen LogP contribution in [-0.2, 0) is 17.9 Å². The van der Waals surface area contributed by atoms with Crippen LogP contribution in [0.1, 0.15) is 257 Å². The summed E-state index contributed by atoms with van der Waals surface area (Å²) in [6, 6.07) is 0. The Bertz CT molecular complexity index is 864. The van der Waals surface area contributed by atoms with Crippen LogP contribution < -0.4 is 10.6 Å². The first-order valence-corrected chi connectivity index (χ1v) is 39.4. The molecular weight excluding hydrogens is 1050 g/mol. The van der Waals surface area contributed by atoms with Gasteiger partial charge in [0.05, 0.1) is 0 Å². The van der Waals surface area contributed by atoms with Gasteiger partial charge in [-0.3, -0.25) is 0 Å². The molecule has 8 rings (SSSR count). The van der Waals surface area contributed by atoms with Crippen LogP contribution in [-0.4, -0.2) is 96.1 Å². The molecule has 0 heterocycles. The average molecular weight is 1160 g/mol. The van der Waals surface area contributed by atoms with Crippen molar-refractivity contribution in [3.63, 3.8) is 0 Å². The van der Waals surface area contributed by atoms with E-state index in [4.69, 9.17) is 9.58 Å². The van der Waals surface area contributed by atoms with Gasteiger partial charge in [-0.1, -0.05) is 186 Å². The van der Waals surface area contributed by atoms with E-state index in [-0.39, 0.29) is 31.7 Å². The monoisotopic (exact) mass is 1160 g/mol. The van der Waals surface area contributed by atoms with E-state index in [2.05, 4.69) is 10.6 Å². The van der Waals surface area contributed by atoms with Gasteiger partial charge < -0.3 is 10.6 Å². The van der Waals surface area contributed by atoms with Gasteiger partial charge in [-0.05, 0) is 199 Å². The van der Waals surface area contributed by atoms with Crippen molar-refractivity contribution >= 4 is 41.3 Å². The molecule has 0 aromatic heterocycles. The first-order chi connectivity index (χ1) is 31.8. The normalized spacial score (nSPS) is 25.4. The van der Waals surface area contributed by atoms with E-state index >= 15 is 0 Å². The fourth-order valence-corrected chi connectivity index (χ4v) is 30.2. The molecule has 0 amide bonds. The van der Waals surface area contributed by atoms with Crippen LogP contribution >= 0.6 is 41.3 Å². The van der Waals surface area contributed by atoms with Crippen LogP contribution in [0.25, 0.3) is 0 Å². The van der Waals surface area contributed by atoms with Crippen LogP contribution in [0.3, 0.4) is 0 Å². The van der Waals surface area contributed by atoms with E-state index in [0.717, 1.165) is 45.3 Å². The average Bonchev–Trinajstić information content (AvgIpc) is 3.39. The molecule has 8 aliphatic carbocycles. The molecule has 8 fully saturated rings. The van der Waals surface area contributed by atoms with Gasteiger partial charge in [0, 0.05) is 0 Å². The van der Waals surface area contributed by atoms with Gasteiger partial charge in [-0.25, -0.2) is 0 Å². The molecule has 0 aliphatic heterocycles. The second-order valence-corrected chi connectivity index (χ2v) is 34.5. The van der Waals surface area contributed by atoms with Crippen LogP contribution in [0, 0.1) is 0 Å². The third kappa shape index (κ3) is 19.9. The topological polar surface area (TPSA) is 24.1 Å². The van der Waals surface area contributed by atoms with Crippen LogP contribution in [0.2, 0.25) is 0 Å². The number of halogens is 1. The maximum atomic E-state index is 4.69. The Morgan fingerprint density at radius 3 is 0.484 bits per heavy atom. The molecule has 8 heteroatoms. The van der Waals surface area contributed by atoms with Gasteiger partial charge in [0.25, 0.3) is 0 Å². The summed E-state index contributed by atoms with van der Waals surface area (Å²) in [5, 5.41) is 8.07. The maximum absolute atomic E-state index is 4.69. The Balaban J connectivity index is 0.000000205. The molecule has 0 spiro atoms. The van der Waals surface area contributed by atoms with Crippen molar-refractivity contribution in [3.8, 4) is 0 Å². The van der Waals surface area contributed by atoms with Crippen molar-refractivity contribution in [1.29, 1.82) is 0 Å². The molecule has 2 N–H and O–H groups in total. The van der Waals surface area contributed by atoms with Gasteiger partial charge in [0.2, 0.25) is 0 Å². The molecule has 0 bridgehead atoms. The van der Waals surface area contributed by atoms with E-state index in [1.807, 2.05) is 0 Å². The first-order valence-electron chi connectivity index (χ1n) is 29.4. The second kappa shape index (κ2) is 34.9. The van der Waals surface area contributed by atoms with Crippen LogP contribution in [0.4, 0.5) is 0 Å². The van der Waals surface area contributed by atoms with E-state index < -0.39 is 0 Å². The third-order valence-electron chi connectivity index (χ3n) is 18.5. The van der Waals surface area contributed by atoms with Crippen molar-refractivity contribution in [2.45, 2.75) is 302 Å². The van der Waals surface area contributed by atoms with E-state index in [1.165, 1.54) is 198 Å². The Kier molecular flexibility index (Phi) is 30.4. The van der Waals surface area contributed by atoms with Gasteiger partial charge in [-0.15, -0.1) is 0 Å². The summed E-state index contributed by atoms with van der Waals surface area (Å²) in [7, 11) is 5.85. The molecule has 8 saturated carbocycles. The predicted octanol–water partition coefficient (Wildman–Crippen LogP) is 17.9. The van der Waals surface area contributed by atoms with Crippen molar-refractivity contribution in [3.05, 3.63) is 0 Å². The molecular formula is C56H108ClIrN2P4. The zero-order valence-corrected chi connectivity index (χ0v) is 49.2. The number of rotatable bonds is 20. The molecule has 378 valence electrons. The van der Waals surface area contributed by atoms with Crippen LogP contribution in [0.15, 0.2) is 0 Å². The molecule has 0 unspecified atom stereocenters. The fourth-order valence-electron chi connectivity index (χ4n) is 15.0. The molecule has 2 nitrogen and oxygen atoms in total. The Morgan fingerprint density at radius 1 is 0.234 bits per heavy atom. The Labute approximate surface area is 419 Å². The third-order valence-corrected chi connectivity index (χ3v) is 33.1. The van der Waals surface area contributed by atoms with Gasteiger partial charge in [0.1, 0.15) is 0 Å². The summed E-state index contributed by atoms with van der Waals surface area (Å²) in [6.45, 7) is 5.38. The van der Waals surface area contributed by atoms with E-state index in [9.17, 15) is 0 Å². The van der Waals surface area contributed by atoms with E-state index in [0.29, 0.717) is 0 Å². The molecule has 8 aliphatic rings. The van der Waals surface area contributed by atoms with Crippen molar-refractivity contribution < 1.29 is 17.9 Å². The molecule has 0 saturated heterocycles. The minimum absolute atomic E-state index is 0.290. The Hall–Kier alpha value is 2.58. The number of hydrogen-bond acceptors (Lipinski definition) is 2. The quantitative estimate of drug-likeness (QED) is 0.0938. The summed E-state index contributed by atoms with van der Waals surface area (Å²) >= 11 is 1.19.